The van der Waals surface area contributed by atoms with Crippen LogP contribution < -0.4 is 0 Å². The van der Waals surface area contributed by atoms with Gasteiger partial charge in [0.2, 0.25) is 0 Å². The van der Waals surface area contributed by atoms with Gasteiger partial charge in [-0.3, -0.25) is 14.3 Å². The van der Waals surface area contributed by atoms with Crippen LogP contribution in [0.1, 0.15) is 0 Å². The number of alkyl halides is 16. The van der Waals surface area contributed by atoms with Crippen LogP contribution in [0.4, 0.5) is 74.6 Å². The summed E-state index contributed by atoms with van der Waals surface area (Å²) in [5, 5.41) is 7.79. The maximum Gasteiger partial charge on any atom is 0.459 e. The number of nitrogens with zero attached hydrogens (tertiary/aromatic N) is 1. The van der Waals surface area contributed by atoms with E-state index in [0.29, 0.717) is 0 Å². The predicted octanol–water partition coefficient (Wildman–Crippen LogP) is 4.95. The maximum absolute atomic E-state index is 13.7. The molecule has 0 saturated heterocycles. The lowest BCUT2D eigenvalue weighted by atomic mass is 10.1. The van der Waals surface area contributed by atoms with Crippen molar-refractivity contribution in [1.82, 2.24) is 0 Å². The van der Waals surface area contributed by atoms with E-state index in [2.05, 4.69) is 0 Å². The van der Waals surface area contributed by atoms with E-state index >= 15 is 0 Å². The Morgan fingerprint density at radius 1 is 0.613 bits per heavy atom. The van der Waals surface area contributed by atoms with Crippen molar-refractivity contribution in [3.63, 3.8) is 0 Å². The molecule has 3 unspecified atom stereocenters. The van der Waals surface area contributed by atoms with Gasteiger partial charge in [0, 0.05) is 0 Å². The largest absolute Gasteiger partial charge is 0.459 e. The lowest BCUT2D eigenvalue weighted by Gasteiger charge is -2.39. The van der Waals surface area contributed by atoms with E-state index in [1.807, 2.05) is 0 Å². The van der Waals surface area contributed by atoms with Gasteiger partial charge in [0.25, 0.3) is 0 Å². The average molecular weight is 505 g/mol. The second kappa shape index (κ2) is 7.49. The van der Waals surface area contributed by atoms with E-state index in [0.717, 1.165) is 0 Å². The van der Waals surface area contributed by atoms with Gasteiger partial charge in [-0.1, -0.05) is 0 Å². The van der Waals surface area contributed by atoms with E-state index in [1.54, 1.807) is 0 Å². The summed E-state index contributed by atoms with van der Waals surface area (Å²) in [7, 11) is 0. The highest BCUT2D eigenvalue weighted by Gasteiger charge is 2.85. The van der Waals surface area contributed by atoms with Gasteiger partial charge in [-0.05, 0) is 0 Å². The van der Waals surface area contributed by atoms with Gasteiger partial charge in [-0.2, -0.15) is 75.5 Å². The highest BCUT2D eigenvalue weighted by atomic mass is 19.4. The molecular weight excluding hydrogens is 505 g/mol. The number of nitriles is 1. The van der Waals surface area contributed by atoms with Crippen molar-refractivity contribution < 1.29 is 88.9 Å². The molecule has 0 aromatic rings. The molecule has 0 saturated carbocycles. The lowest BCUT2D eigenvalue weighted by molar-refractivity contribution is -0.537. The minimum Gasteiger partial charge on any atom is -0.264 e. The summed E-state index contributed by atoms with van der Waals surface area (Å²) in [6.45, 7) is 0. The number of halogens is 17. The highest BCUT2D eigenvalue weighted by molar-refractivity contribution is 5.77. The molecule has 0 heterocycles. The standard InChI is InChI=1S/C10F17NO3/c11-2(29)4(13,7(18,19)20)30-10(26,27)5(14,8(21,22)23)31-9(24,25)3(12,1-28)6(15,16)17. The Labute approximate surface area is 156 Å². The number of hydrogen-bond donors (Lipinski definition) is 0. The zero-order chi connectivity index (χ0) is 25.7. The first-order valence-corrected chi connectivity index (χ1v) is 6.21. The van der Waals surface area contributed by atoms with Gasteiger partial charge in [0.1, 0.15) is 6.07 Å². The molecule has 31 heavy (non-hydrogen) atoms. The van der Waals surface area contributed by atoms with E-state index in [9.17, 15) is 79.4 Å². The van der Waals surface area contributed by atoms with Gasteiger partial charge in [-0.25, -0.2) is 4.39 Å². The number of rotatable bonds is 7. The van der Waals surface area contributed by atoms with Crippen molar-refractivity contribution in [2.24, 2.45) is 0 Å². The normalized spacial score (nSPS) is 20.3. The average Bonchev–Trinajstić information content (AvgIpc) is 2.49. The molecule has 182 valence electrons. The number of hydrogen-bond acceptors (Lipinski definition) is 4. The predicted molar refractivity (Wildman–Crippen MR) is 53.5 cm³/mol. The van der Waals surface area contributed by atoms with Crippen LogP contribution in [0.15, 0.2) is 0 Å². The third kappa shape index (κ3) is 4.58. The van der Waals surface area contributed by atoms with Crippen LogP contribution in [0.25, 0.3) is 0 Å². The molecule has 0 aromatic heterocycles. The quantitative estimate of drug-likeness (QED) is 0.363. The molecule has 0 spiro atoms. The fourth-order valence-corrected chi connectivity index (χ4v) is 1.27. The number of carbonyl (C=O) groups is 1. The smallest absolute Gasteiger partial charge is 0.264 e. The molecule has 4 nitrogen and oxygen atoms in total. The Hall–Kier alpha value is -2.11. The molecule has 3 atom stereocenters. The summed E-state index contributed by atoms with van der Waals surface area (Å²) in [4.78, 5) is 9.92. The summed E-state index contributed by atoms with van der Waals surface area (Å²) in [5.74, 6) is -15.3. The SMILES string of the molecule is N#CC(F)(C(F)(F)F)C(F)(F)OC(F)(C(F)(F)F)C(F)(F)OC(F)(C(=O)F)C(F)(F)F. The number of carbonyl (C=O) groups excluding carboxylic acids is 1. The first-order chi connectivity index (χ1) is 13.2. The van der Waals surface area contributed by atoms with E-state index < -0.39 is 60.2 Å². The minimum atomic E-state index is -8.05. The first kappa shape index (κ1) is 28.9. The van der Waals surface area contributed by atoms with Gasteiger partial charge in [-0.15, -0.1) is 0 Å². The van der Waals surface area contributed by atoms with Crippen molar-refractivity contribution in [3.05, 3.63) is 0 Å². The third-order valence-electron chi connectivity index (χ3n) is 2.84. The third-order valence-corrected chi connectivity index (χ3v) is 2.84. The van der Waals surface area contributed by atoms with Crippen molar-refractivity contribution in [1.29, 1.82) is 5.26 Å². The maximum atomic E-state index is 13.7. The Bertz CT molecular complexity index is 734. The molecule has 0 aromatic carbocycles. The summed E-state index contributed by atoms with van der Waals surface area (Å²) >= 11 is 0. The van der Waals surface area contributed by atoms with Crippen molar-refractivity contribution in [2.45, 2.75) is 48.1 Å². The topological polar surface area (TPSA) is 59.3 Å². The Morgan fingerprint density at radius 2 is 1.00 bits per heavy atom. The molecule has 0 aliphatic carbocycles. The van der Waals surface area contributed by atoms with Crippen LogP contribution in [0.2, 0.25) is 0 Å². The fraction of sp³-hybridized carbons (Fsp3) is 0.800. The van der Waals surface area contributed by atoms with Crippen molar-refractivity contribution in [2.75, 3.05) is 0 Å². The Kier molecular flexibility index (Phi) is 6.98. The zero-order valence-electron chi connectivity index (χ0n) is 13.1. The molecule has 0 amide bonds. The second-order valence-corrected chi connectivity index (χ2v) is 4.97. The van der Waals surface area contributed by atoms with E-state index in [4.69, 9.17) is 5.26 Å². The minimum absolute atomic E-state index is 1.08. The molecule has 0 fully saturated rings. The van der Waals surface area contributed by atoms with Gasteiger partial charge in [0.05, 0.1) is 0 Å². The molecule has 0 bridgehead atoms. The van der Waals surface area contributed by atoms with Crippen LogP contribution in [-0.2, 0) is 14.3 Å². The number of ether oxygens (including phenoxy) is 2. The summed E-state index contributed by atoms with van der Waals surface area (Å²) < 4.78 is 219. The zero-order valence-corrected chi connectivity index (χ0v) is 13.1. The molecule has 0 N–H and O–H groups in total. The van der Waals surface area contributed by atoms with Crippen LogP contribution >= 0.6 is 0 Å². The molecule has 0 rings (SSSR count). The Morgan fingerprint density at radius 3 is 1.23 bits per heavy atom. The summed E-state index contributed by atoms with van der Waals surface area (Å²) in [5.41, 5.74) is -7.06. The lowest BCUT2D eigenvalue weighted by Crippen LogP contribution is -2.68. The van der Waals surface area contributed by atoms with Gasteiger partial charge < -0.3 is 0 Å². The first-order valence-electron chi connectivity index (χ1n) is 6.21. The van der Waals surface area contributed by atoms with Crippen LogP contribution in [0.3, 0.4) is 0 Å². The van der Waals surface area contributed by atoms with Crippen LogP contribution in [0.5, 0.6) is 0 Å². The van der Waals surface area contributed by atoms with Crippen LogP contribution in [-0.4, -0.2) is 54.2 Å². The Balaban J connectivity index is 6.78. The summed E-state index contributed by atoms with van der Waals surface area (Å²) in [6, 6.07) is -5.84. The monoisotopic (exact) mass is 505 g/mol. The molecule has 0 aliphatic rings. The molecule has 0 aliphatic heterocycles. The van der Waals surface area contributed by atoms with Gasteiger partial charge >= 0.3 is 54.2 Å². The highest BCUT2D eigenvalue weighted by Crippen LogP contribution is 2.56. The van der Waals surface area contributed by atoms with E-state index in [-0.39, 0.29) is 0 Å². The second-order valence-electron chi connectivity index (χ2n) is 4.97. The van der Waals surface area contributed by atoms with Crippen LogP contribution in [0, 0.1) is 11.3 Å². The molecular formula is C10F17NO3. The molecule has 0 radical (unpaired) electrons. The van der Waals surface area contributed by atoms with E-state index in [1.165, 1.54) is 9.47 Å². The van der Waals surface area contributed by atoms with Crippen molar-refractivity contribution in [3.8, 4) is 6.07 Å². The van der Waals surface area contributed by atoms with Crippen molar-refractivity contribution >= 4 is 6.04 Å². The summed E-state index contributed by atoms with van der Waals surface area (Å²) in [6.07, 6.45) is -38.3. The molecule has 21 heteroatoms. The fourth-order valence-electron chi connectivity index (χ4n) is 1.27. The van der Waals surface area contributed by atoms with Gasteiger partial charge in [0.15, 0.2) is 0 Å².